The molecular formula is C18H16N2O2S. The van der Waals surface area contributed by atoms with Crippen LogP contribution in [0.5, 0.6) is 5.75 Å². The average Bonchev–Trinajstić information content (AvgIpc) is 3.02. The van der Waals surface area contributed by atoms with E-state index >= 15 is 0 Å². The third-order valence-corrected chi connectivity index (χ3v) is 4.02. The van der Waals surface area contributed by atoms with Crippen LogP contribution in [0, 0.1) is 6.92 Å². The number of hydrogen-bond acceptors (Lipinski definition) is 4. The highest BCUT2D eigenvalue weighted by Crippen LogP contribution is 2.18. The number of aromatic nitrogens is 1. The molecule has 1 amide bonds. The Kier molecular flexibility index (Phi) is 4.68. The van der Waals surface area contributed by atoms with Crippen molar-refractivity contribution in [3.05, 3.63) is 76.8 Å². The summed E-state index contributed by atoms with van der Waals surface area (Å²) in [6.07, 6.45) is 0. The van der Waals surface area contributed by atoms with Gasteiger partial charge in [-0.15, -0.1) is 11.3 Å². The van der Waals surface area contributed by atoms with Crippen LogP contribution in [0.2, 0.25) is 0 Å². The number of nitrogens with one attached hydrogen (secondary N) is 1. The van der Waals surface area contributed by atoms with E-state index in [1.807, 2.05) is 54.8 Å². The molecule has 3 aromatic rings. The van der Waals surface area contributed by atoms with Gasteiger partial charge in [0.05, 0.1) is 5.69 Å². The lowest BCUT2D eigenvalue weighted by Crippen LogP contribution is -2.11. The van der Waals surface area contributed by atoms with Gasteiger partial charge in [0, 0.05) is 10.9 Å². The van der Waals surface area contributed by atoms with Crippen molar-refractivity contribution in [1.82, 2.24) is 4.98 Å². The molecule has 0 radical (unpaired) electrons. The van der Waals surface area contributed by atoms with Gasteiger partial charge in [0.1, 0.15) is 12.4 Å². The molecule has 0 fully saturated rings. The number of carbonyl (C=O) groups is 1. The SMILES string of the molecule is Cc1ccc(C(=O)Nc2nc(COc3ccccc3)cs2)cc1. The monoisotopic (exact) mass is 324 g/mol. The Morgan fingerprint density at radius 2 is 1.87 bits per heavy atom. The van der Waals surface area contributed by atoms with Crippen LogP contribution < -0.4 is 10.1 Å². The van der Waals surface area contributed by atoms with Crippen LogP contribution in [0.1, 0.15) is 21.6 Å². The molecule has 5 heteroatoms. The summed E-state index contributed by atoms with van der Waals surface area (Å²) in [6, 6.07) is 17.0. The minimum absolute atomic E-state index is 0.158. The molecule has 0 saturated carbocycles. The summed E-state index contributed by atoms with van der Waals surface area (Å²) in [5.41, 5.74) is 2.53. The average molecular weight is 324 g/mol. The van der Waals surface area contributed by atoms with Gasteiger partial charge in [0.15, 0.2) is 5.13 Å². The molecule has 0 aliphatic heterocycles. The maximum atomic E-state index is 12.1. The summed E-state index contributed by atoms with van der Waals surface area (Å²) >= 11 is 1.39. The maximum absolute atomic E-state index is 12.1. The normalized spacial score (nSPS) is 10.3. The van der Waals surface area contributed by atoms with Crippen LogP contribution >= 0.6 is 11.3 Å². The van der Waals surface area contributed by atoms with Crippen molar-refractivity contribution in [2.75, 3.05) is 5.32 Å². The number of para-hydroxylation sites is 1. The Hall–Kier alpha value is -2.66. The van der Waals surface area contributed by atoms with E-state index < -0.39 is 0 Å². The zero-order valence-corrected chi connectivity index (χ0v) is 13.5. The van der Waals surface area contributed by atoms with Gasteiger partial charge in [-0.3, -0.25) is 10.1 Å². The Morgan fingerprint density at radius 1 is 1.13 bits per heavy atom. The first-order valence-corrected chi connectivity index (χ1v) is 8.09. The van der Waals surface area contributed by atoms with Crippen molar-refractivity contribution >= 4 is 22.4 Å². The maximum Gasteiger partial charge on any atom is 0.257 e. The standard InChI is InChI=1S/C18H16N2O2S/c1-13-7-9-14(10-8-13)17(21)20-18-19-15(12-23-18)11-22-16-5-3-2-4-6-16/h2-10,12H,11H2,1H3,(H,19,20,21). The smallest absolute Gasteiger partial charge is 0.257 e. The Bertz CT molecular complexity index is 782. The van der Waals surface area contributed by atoms with Gasteiger partial charge in [0.25, 0.3) is 5.91 Å². The minimum Gasteiger partial charge on any atom is -0.487 e. The Labute approximate surface area is 138 Å². The first kappa shape index (κ1) is 15.2. The molecule has 1 heterocycles. The van der Waals surface area contributed by atoms with E-state index in [9.17, 15) is 4.79 Å². The largest absolute Gasteiger partial charge is 0.487 e. The van der Waals surface area contributed by atoms with Gasteiger partial charge >= 0.3 is 0 Å². The van der Waals surface area contributed by atoms with Crippen LogP contribution in [-0.4, -0.2) is 10.9 Å². The summed E-state index contributed by atoms with van der Waals surface area (Å²) < 4.78 is 5.64. The molecule has 2 aromatic carbocycles. The number of amides is 1. The van der Waals surface area contributed by atoms with E-state index in [0.717, 1.165) is 17.0 Å². The summed E-state index contributed by atoms with van der Waals surface area (Å²) in [4.78, 5) is 16.5. The number of benzene rings is 2. The second-order valence-electron chi connectivity index (χ2n) is 5.07. The van der Waals surface area contributed by atoms with Crippen LogP contribution in [0.25, 0.3) is 0 Å². The lowest BCUT2D eigenvalue weighted by Gasteiger charge is -2.03. The summed E-state index contributed by atoms with van der Waals surface area (Å²) in [6.45, 7) is 2.36. The second kappa shape index (κ2) is 7.07. The molecular weight excluding hydrogens is 308 g/mol. The van der Waals surface area contributed by atoms with Crippen LogP contribution in [0.3, 0.4) is 0 Å². The number of thiazole rings is 1. The highest BCUT2D eigenvalue weighted by molar-refractivity contribution is 7.13. The first-order chi connectivity index (χ1) is 11.2. The van der Waals surface area contributed by atoms with E-state index in [1.54, 1.807) is 12.1 Å². The molecule has 0 unspecified atom stereocenters. The molecule has 0 atom stereocenters. The predicted molar refractivity (Wildman–Crippen MR) is 92.0 cm³/mol. The summed E-state index contributed by atoms with van der Waals surface area (Å²) in [5.74, 6) is 0.639. The first-order valence-electron chi connectivity index (χ1n) is 7.21. The topological polar surface area (TPSA) is 51.2 Å². The number of carbonyl (C=O) groups excluding carboxylic acids is 1. The molecule has 23 heavy (non-hydrogen) atoms. The van der Waals surface area contributed by atoms with E-state index in [0.29, 0.717) is 17.3 Å². The Balaban J connectivity index is 1.58. The zero-order valence-electron chi connectivity index (χ0n) is 12.7. The molecule has 1 aromatic heterocycles. The van der Waals surface area contributed by atoms with Crippen LogP contribution in [0.4, 0.5) is 5.13 Å². The minimum atomic E-state index is -0.158. The van der Waals surface area contributed by atoms with E-state index in [4.69, 9.17) is 4.74 Å². The van der Waals surface area contributed by atoms with Gasteiger partial charge in [-0.05, 0) is 31.2 Å². The number of rotatable bonds is 5. The summed E-state index contributed by atoms with van der Waals surface area (Å²) in [7, 11) is 0. The lowest BCUT2D eigenvalue weighted by atomic mass is 10.1. The number of anilines is 1. The van der Waals surface area contributed by atoms with Gasteiger partial charge in [-0.1, -0.05) is 35.9 Å². The third-order valence-electron chi connectivity index (χ3n) is 3.22. The second-order valence-corrected chi connectivity index (χ2v) is 5.92. The fraction of sp³-hybridized carbons (Fsp3) is 0.111. The van der Waals surface area contributed by atoms with Gasteiger partial charge in [-0.25, -0.2) is 4.98 Å². The van der Waals surface area contributed by atoms with Gasteiger partial charge in [-0.2, -0.15) is 0 Å². The third kappa shape index (κ3) is 4.17. The lowest BCUT2D eigenvalue weighted by molar-refractivity contribution is 0.102. The van der Waals surface area contributed by atoms with E-state index in [2.05, 4.69) is 10.3 Å². The molecule has 0 saturated heterocycles. The van der Waals surface area contributed by atoms with E-state index in [1.165, 1.54) is 11.3 Å². The van der Waals surface area contributed by atoms with Crippen LogP contribution in [-0.2, 0) is 6.61 Å². The van der Waals surface area contributed by atoms with E-state index in [-0.39, 0.29) is 5.91 Å². The fourth-order valence-corrected chi connectivity index (χ4v) is 2.67. The molecule has 1 N–H and O–H groups in total. The quantitative estimate of drug-likeness (QED) is 0.762. The fourth-order valence-electron chi connectivity index (χ4n) is 1.98. The predicted octanol–water partition coefficient (Wildman–Crippen LogP) is 4.28. The molecule has 4 nitrogen and oxygen atoms in total. The summed E-state index contributed by atoms with van der Waals surface area (Å²) in [5, 5.41) is 5.26. The molecule has 0 aliphatic rings. The van der Waals surface area contributed by atoms with Crippen LogP contribution in [0.15, 0.2) is 60.0 Å². The number of aryl methyl sites for hydroxylation is 1. The molecule has 116 valence electrons. The molecule has 3 rings (SSSR count). The number of ether oxygens (including phenoxy) is 1. The van der Waals surface area contributed by atoms with Crippen molar-refractivity contribution in [2.24, 2.45) is 0 Å². The molecule has 0 aliphatic carbocycles. The van der Waals surface area contributed by atoms with Crippen molar-refractivity contribution in [2.45, 2.75) is 13.5 Å². The van der Waals surface area contributed by atoms with Gasteiger partial charge < -0.3 is 4.74 Å². The number of hydrogen-bond donors (Lipinski definition) is 1. The van der Waals surface area contributed by atoms with Gasteiger partial charge in [0.2, 0.25) is 0 Å². The van der Waals surface area contributed by atoms with Crippen molar-refractivity contribution < 1.29 is 9.53 Å². The molecule has 0 bridgehead atoms. The highest BCUT2D eigenvalue weighted by atomic mass is 32.1. The molecule has 0 spiro atoms. The Morgan fingerprint density at radius 3 is 2.61 bits per heavy atom. The zero-order chi connectivity index (χ0) is 16.1. The van der Waals surface area contributed by atoms with Crippen molar-refractivity contribution in [3.8, 4) is 5.75 Å². The number of nitrogens with zero attached hydrogens (tertiary/aromatic N) is 1. The van der Waals surface area contributed by atoms with Crippen molar-refractivity contribution in [3.63, 3.8) is 0 Å². The van der Waals surface area contributed by atoms with Crippen molar-refractivity contribution in [1.29, 1.82) is 0 Å². The highest BCUT2D eigenvalue weighted by Gasteiger charge is 2.09.